The maximum atomic E-state index is 12.7. The van der Waals surface area contributed by atoms with Gasteiger partial charge in [0.25, 0.3) is 11.1 Å². The molecule has 1 aliphatic rings. The van der Waals surface area contributed by atoms with Gasteiger partial charge in [0, 0.05) is 11.6 Å². The summed E-state index contributed by atoms with van der Waals surface area (Å²) in [6.07, 6.45) is 1.51. The minimum atomic E-state index is -0.437. The number of furan rings is 1. The van der Waals surface area contributed by atoms with Crippen LogP contribution < -0.4 is 0 Å². The van der Waals surface area contributed by atoms with Crippen LogP contribution in [0, 0.1) is 22.7 Å². The molecule has 7 heteroatoms. The molecule has 2 amide bonds. The van der Waals surface area contributed by atoms with Crippen molar-refractivity contribution in [3.8, 4) is 23.5 Å². The molecule has 3 aromatic rings. The molecule has 0 aliphatic carbocycles. The van der Waals surface area contributed by atoms with E-state index in [1.165, 1.54) is 6.08 Å². The van der Waals surface area contributed by atoms with Crippen LogP contribution in [-0.2, 0) is 11.3 Å². The van der Waals surface area contributed by atoms with Gasteiger partial charge in [-0.2, -0.15) is 10.5 Å². The molecule has 0 atom stereocenters. The Kier molecular flexibility index (Phi) is 5.21. The number of hydrogen-bond acceptors (Lipinski definition) is 6. The van der Waals surface area contributed by atoms with Gasteiger partial charge in [-0.15, -0.1) is 0 Å². The van der Waals surface area contributed by atoms with Crippen LogP contribution in [0.25, 0.3) is 17.4 Å². The lowest BCUT2D eigenvalue weighted by Gasteiger charge is -2.13. The molecule has 6 nitrogen and oxygen atoms in total. The van der Waals surface area contributed by atoms with E-state index in [0.29, 0.717) is 33.8 Å². The average molecular weight is 411 g/mol. The Labute approximate surface area is 176 Å². The number of hydrogen-bond donors (Lipinski definition) is 0. The minimum absolute atomic E-state index is 0.0324. The van der Waals surface area contributed by atoms with Gasteiger partial charge in [0.1, 0.15) is 11.5 Å². The van der Waals surface area contributed by atoms with E-state index in [2.05, 4.69) is 12.1 Å². The molecule has 1 fully saturated rings. The number of nitriles is 2. The molecule has 1 aromatic heterocycles. The van der Waals surface area contributed by atoms with Gasteiger partial charge >= 0.3 is 0 Å². The van der Waals surface area contributed by atoms with Crippen molar-refractivity contribution in [3.05, 3.63) is 88.0 Å². The van der Waals surface area contributed by atoms with Crippen LogP contribution in [0.1, 0.15) is 22.5 Å². The Morgan fingerprint density at radius 3 is 2.40 bits per heavy atom. The summed E-state index contributed by atoms with van der Waals surface area (Å²) in [6, 6.07) is 21.5. The quantitative estimate of drug-likeness (QED) is 0.565. The van der Waals surface area contributed by atoms with Crippen molar-refractivity contribution in [3.63, 3.8) is 0 Å². The Balaban J connectivity index is 1.58. The number of rotatable bonds is 4. The Morgan fingerprint density at radius 1 is 0.933 bits per heavy atom. The number of carbonyl (C=O) groups excluding carboxylic acids is 2. The van der Waals surface area contributed by atoms with Crippen LogP contribution in [0.4, 0.5) is 4.79 Å². The second-order valence-corrected chi connectivity index (χ2v) is 7.39. The Morgan fingerprint density at radius 2 is 1.63 bits per heavy atom. The number of imide groups is 1. The highest BCUT2D eigenvalue weighted by molar-refractivity contribution is 8.18. The van der Waals surface area contributed by atoms with Crippen molar-refractivity contribution >= 4 is 29.0 Å². The third-order valence-corrected chi connectivity index (χ3v) is 5.46. The SMILES string of the molecule is N#Cc1ccccc1CN1C(=O)S/C(=C/c2ccc(-c3ccccc3C#N)o2)C1=O. The van der Waals surface area contributed by atoms with Crippen LogP contribution >= 0.6 is 11.8 Å². The van der Waals surface area contributed by atoms with Gasteiger partial charge in [-0.05, 0) is 47.7 Å². The molecule has 0 saturated carbocycles. The lowest BCUT2D eigenvalue weighted by atomic mass is 10.1. The zero-order chi connectivity index (χ0) is 21.1. The van der Waals surface area contributed by atoms with E-state index in [0.717, 1.165) is 16.7 Å². The highest BCUT2D eigenvalue weighted by atomic mass is 32.2. The Bertz CT molecular complexity index is 1280. The summed E-state index contributed by atoms with van der Waals surface area (Å²) in [4.78, 5) is 26.5. The highest BCUT2D eigenvalue weighted by Crippen LogP contribution is 2.35. The van der Waals surface area contributed by atoms with Crippen molar-refractivity contribution in [2.75, 3.05) is 0 Å². The molecule has 30 heavy (non-hydrogen) atoms. The summed E-state index contributed by atoms with van der Waals surface area (Å²) in [6.45, 7) is 0.0324. The van der Waals surface area contributed by atoms with E-state index in [-0.39, 0.29) is 11.4 Å². The Hall–Kier alpha value is -4.07. The molecule has 144 valence electrons. The first-order chi connectivity index (χ1) is 14.6. The van der Waals surface area contributed by atoms with E-state index in [1.54, 1.807) is 54.6 Å². The third-order valence-electron chi connectivity index (χ3n) is 4.55. The predicted octanol–water partition coefficient (Wildman–Crippen LogP) is 4.93. The molecule has 0 spiro atoms. The van der Waals surface area contributed by atoms with Crippen molar-refractivity contribution in [2.24, 2.45) is 0 Å². The van der Waals surface area contributed by atoms with Crippen LogP contribution in [0.3, 0.4) is 0 Å². The van der Waals surface area contributed by atoms with Gasteiger partial charge in [0.2, 0.25) is 0 Å². The fourth-order valence-electron chi connectivity index (χ4n) is 3.07. The smallest absolute Gasteiger partial charge is 0.293 e. The van der Waals surface area contributed by atoms with E-state index < -0.39 is 11.1 Å². The first-order valence-corrected chi connectivity index (χ1v) is 9.75. The predicted molar refractivity (Wildman–Crippen MR) is 112 cm³/mol. The molecular formula is C23H13N3O3S. The van der Waals surface area contributed by atoms with Gasteiger partial charge in [-0.3, -0.25) is 14.5 Å². The zero-order valence-electron chi connectivity index (χ0n) is 15.5. The first-order valence-electron chi connectivity index (χ1n) is 8.93. The van der Waals surface area contributed by atoms with Crippen molar-refractivity contribution in [2.45, 2.75) is 6.54 Å². The number of carbonyl (C=O) groups is 2. The van der Waals surface area contributed by atoms with Crippen LogP contribution in [0.15, 0.2) is 70.0 Å². The second-order valence-electron chi connectivity index (χ2n) is 6.40. The molecule has 1 saturated heterocycles. The summed E-state index contributed by atoms with van der Waals surface area (Å²) >= 11 is 0.825. The number of benzene rings is 2. The van der Waals surface area contributed by atoms with E-state index in [1.807, 2.05) is 6.07 Å². The molecule has 0 radical (unpaired) electrons. The van der Waals surface area contributed by atoms with Gasteiger partial charge in [0.05, 0.1) is 34.7 Å². The van der Waals surface area contributed by atoms with Gasteiger partial charge in [-0.25, -0.2) is 0 Å². The van der Waals surface area contributed by atoms with Crippen molar-refractivity contribution < 1.29 is 14.0 Å². The van der Waals surface area contributed by atoms with Crippen LogP contribution in [0.5, 0.6) is 0 Å². The maximum Gasteiger partial charge on any atom is 0.293 e. The van der Waals surface area contributed by atoms with E-state index >= 15 is 0 Å². The fourth-order valence-corrected chi connectivity index (χ4v) is 3.89. The second kappa shape index (κ2) is 8.12. The lowest BCUT2D eigenvalue weighted by molar-refractivity contribution is -0.123. The van der Waals surface area contributed by atoms with Crippen LogP contribution in [0.2, 0.25) is 0 Å². The van der Waals surface area contributed by atoms with E-state index in [9.17, 15) is 20.1 Å². The molecular weight excluding hydrogens is 398 g/mol. The zero-order valence-corrected chi connectivity index (χ0v) is 16.3. The van der Waals surface area contributed by atoms with Crippen LogP contribution in [-0.4, -0.2) is 16.0 Å². The van der Waals surface area contributed by atoms with Gasteiger partial charge in [-0.1, -0.05) is 30.3 Å². The normalized spacial score (nSPS) is 14.7. The first kappa shape index (κ1) is 19.3. The van der Waals surface area contributed by atoms with Gasteiger partial charge in [0.15, 0.2) is 0 Å². The molecule has 0 unspecified atom stereocenters. The average Bonchev–Trinajstić information content (AvgIpc) is 3.34. The molecule has 0 N–H and O–H groups in total. The van der Waals surface area contributed by atoms with Gasteiger partial charge < -0.3 is 4.42 Å². The third kappa shape index (κ3) is 3.62. The van der Waals surface area contributed by atoms with Crippen molar-refractivity contribution in [1.29, 1.82) is 10.5 Å². The molecule has 0 bridgehead atoms. The number of nitrogens with zero attached hydrogens (tertiary/aromatic N) is 3. The molecule has 1 aliphatic heterocycles. The maximum absolute atomic E-state index is 12.7. The summed E-state index contributed by atoms with van der Waals surface area (Å²) < 4.78 is 5.78. The fraction of sp³-hybridized carbons (Fsp3) is 0.0435. The standard InChI is InChI=1S/C23H13N3O3S/c24-12-15-5-1-2-7-17(15)14-26-22(27)21(30-23(26)28)11-18-9-10-20(29-18)19-8-4-3-6-16(19)13-25/h1-11H,14H2/b21-11+. The topological polar surface area (TPSA) is 98.1 Å². The monoisotopic (exact) mass is 411 g/mol. The minimum Gasteiger partial charge on any atom is -0.457 e. The number of thioether (sulfide) groups is 1. The van der Waals surface area contributed by atoms with Crippen molar-refractivity contribution in [1.82, 2.24) is 4.90 Å². The highest BCUT2D eigenvalue weighted by Gasteiger charge is 2.35. The lowest BCUT2D eigenvalue weighted by Crippen LogP contribution is -2.27. The summed E-state index contributed by atoms with van der Waals surface area (Å²) in [7, 11) is 0. The summed E-state index contributed by atoms with van der Waals surface area (Å²) in [5.74, 6) is 0.467. The molecule has 4 rings (SSSR count). The number of amides is 2. The molecule has 2 aromatic carbocycles. The summed E-state index contributed by atoms with van der Waals surface area (Å²) in [5.41, 5.74) is 2.17. The van der Waals surface area contributed by atoms with E-state index in [4.69, 9.17) is 4.42 Å². The summed E-state index contributed by atoms with van der Waals surface area (Å²) in [5, 5.41) is 18.1. The molecule has 2 heterocycles. The largest absolute Gasteiger partial charge is 0.457 e.